The van der Waals surface area contributed by atoms with E-state index in [0.717, 1.165) is 5.56 Å². The largest absolute Gasteiger partial charge is 0.503 e. The van der Waals surface area contributed by atoms with Gasteiger partial charge in [0.2, 0.25) is 0 Å². The maximum atomic E-state index is 12.8. The van der Waals surface area contributed by atoms with Gasteiger partial charge in [-0.25, -0.2) is 5.43 Å². The van der Waals surface area contributed by atoms with Crippen LogP contribution >= 0.6 is 15.9 Å². The van der Waals surface area contributed by atoms with Crippen molar-refractivity contribution in [1.82, 2.24) is 10.7 Å². The molecule has 3 aromatic carbocycles. The minimum absolute atomic E-state index is 0.0340. The number of rotatable bonds is 7. The molecule has 0 radical (unpaired) electrons. The van der Waals surface area contributed by atoms with Gasteiger partial charge in [-0.2, -0.15) is 5.10 Å². The van der Waals surface area contributed by atoms with E-state index in [4.69, 9.17) is 4.74 Å². The van der Waals surface area contributed by atoms with Crippen LogP contribution in [-0.2, 0) is 4.79 Å². The van der Waals surface area contributed by atoms with Gasteiger partial charge in [-0.05, 0) is 57.4 Å². The number of phenols is 1. The Bertz CT molecular complexity index is 1160. The number of aromatic hydroxyl groups is 1. The summed E-state index contributed by atoms with van der Waals surface area (Å²) in [5, 5.41) is 16.5. The molecule has 0 heterocycles. The van der Waals surface area contributed by atoms with Crippen molar-refractivity contribution in [3.63, 3.8) is 0 Å². The molecule has 0 saturated carbocycles. The van der Waals surface area contributed by atoms with E-state index in [1.165, 1.54) is 13.3 Å². The zero-order chi connectivity index (χ0) is 22.9. The number of hydrogen-bond acceptors (Lipinski definition) is 5. The van der Waals surface area contributed by atoms with Crippen molar-refractivity contribution in [2.75, 3.05) is 7.11 Å². The third-order valence-electron chi connectivity index (χ3n) is 4.29. The van der Waals surface area contributed by atoms with Crippen LogP contribution in [0.15, 0.2) is 88.1 Å². The lowest BCUT2D eigenvalue weighted by atomic mass is 10.1. The van der Waals surface area contributed by atoms with Crippen LogP contribution in [0.4, 0.5) is 0 Å². The van der Waals surface area contributed by atoms with Gasteiger partial charge >= 0.3 is 0 Å². The Morgan fingerprint density at radius 1 is 1.00 bits per heavy atom. The van der Waals surface area contributed by atoms with Gasteiger partial charge in [0.1, 0.15) is 5.70 Å². The van der Waals surface area contributed by atoms with Crippen LogP contribution in [-0.4, -0.2) is 30.2 Å². The molecule has 0 aliphatic carbocycles. The minimum atomic E-state index is -0.598. The molecule has 0 spiro atoms. The molecule has 0 bridgehead atoms. The smallest absolute Gasteiger partial charge is 0.287 e. The minimum Gasteiger partial charge on any atom is -0.503 e. The predicted octanol–water partition coefficient (Wildman–Crippen LogP) is 4.08. The second-order valence-electron chi connectivity index (χ2n) is 6.54. The fourth-order valence-electron chi connectivity index (χ4n) is 2.71. The first-order chi connectivity index (χ1) is 15.5. The van der Waals surface area contributed by atoms with Crippen LogP contribution in [0.5, 0.6) is 11.5 Å². The molecule has 0 fully saturated rings. The molecule has 3 rings (SSSR count). The molecule has 0 atom stereocenters. The molecule has 0 unspecified atom stereocenters. The number of hydrazone groups is 1. The summed E-state index contributed by atoms with van der Waals surface area (Å²) < 4.78 is 5.52. The first-order valence-electron chi connectivity index (χ1n) is 9.51. The van der Waals surface area contributed by atoms with Crippen molar-refractivity contribution in [3.05, 3.63) is 99.7 Å². The highest BCUT2D eigenvalue weighted by molar-refractivity contribution is 9.10. The lowest BCUT2D eigenvalue weighted by Crippen LogP contribution is -2.32. The van der Waals surface area contributed by atoms with E-state index in [0.29, 0.717) is 15.6 Å². The normalized spacial score (nSPS) is 11.2. The van der Waals surface area contributed by atoms with E-state index in [1.807, 2.05) is 30.3 Å². The van der Waals surface area contributed by atoms with E-state index in [9.17, 15) is 14.7 Å². The van der Waals surface area contributed by atoms with Crippen molar-refractivity contribution < 1.29 is 19.4 Å². The number of nitrogens with zero attached hydrogens (tertiary/aromatic N) is 1. The van der Waals surface area contributed by atoms with Crippen LogP contribution < -0.4 is 15.5 Å². The summed E-state index contributed by atoms with van der Waals surface area (Å²) in [5.41, 5.74) is 4.18. The molecule has 3 N–H and O–H groups in total. The quantitative estimate of drug-likeness (QED) is 0.262. The second-order valence-corrected chi connectivity index (χ2v) is 7.40. The summed E-state index contributed by atoms with van der Waals surface area (Å²) in [4.78, 5) is 25.3. The summed E-state index contributed by atoms with van der Waals surface area (Å²) >= 11 is 3.23. The van der Waals surface area contributed by atoms with Gasteiger partial charge in [-0.1, -0.05) is 48.5 Å². The molecule has 8 heteroatoms. The van der Waals surface area contributed by atoms with Crippen LogP contribution in [0.2, 0.25) is 0 Å². The number of benzene rings is 3. The highest BCUT2D eigenvalue weighted by Gasteiger charge is 2.14. The van der Waals surface area contributed by atoms with Crippen molar-refractivity contribution in [3.8, 4) is 11.5 Å². The molecule has 3 aromatic rings. The molecule has 162 valence electrons. The molecule has 2 amide bonds. The molecule has 0 aliphatic heterocycles. The average Bonchev–Trinajstić information content (AvgIpc) is 2.81. The maximum absolute atomic E-state index is 12.8. The number of carbonyl (C=O) groups is 2. The summed E-state index contributed by atoms with van der Waals surface area (Å²) in [6.45, 7) is 0. The van der Waals surface area contributed by atoms with Gasteiger partial charge in [0.15, 0.2) is 11.5 Å². The van der Waals surface area contributed by atoms with Crippen LogP contribution in [0, 0.1) is 0 Å². The predicted molar refractivity (Wildman–Crippen MR) is 126 cm³/mol. The monoisotopic (exact) mass is 493 g/mol. The van der Waals surface area contributed by atoms with E-state index < -0.39 is 11.8 Å². The summed E-state index contributed by atoms with van der Waals surface area (Å²) in [5.74, 6) is -0.796. The third kappa shape index (κ3) is 6.05. The van der Waals surface area contributed by atoms with E-state index >= 15 is 0 Å². The SMILES string of the molecule is COc1cc(/C=N/NC(=O)C(=Cc2ccccc2)NC(=O)c2ccccc2)cc(Br)c1O. The Morgan fingerprint density at radius 3 is 2.31 bits per heavy atom. The van der Waals surface area contributed by atoms with Gasteiger partial charge in [0.05, 0.1) is 17.8 Å². The first kappa shape index (κ1) is 22.8. The van der Waals surface area contributed by atoms with Crippen LogP contribution in [0.1, 0.15) is 21.5 Å². The highest BCUT2D eigenvalue weighted by atomic mass is 79.9. The van der Waals surface area contributed by atoms with Crippen molar-refractivity contribution in [1.29, 1.82) is 0 Å². The Morgan fingerprint density at radius 2 is 1.66 bits per heavy atom. The topological polar surface area (TPSA) is 100 Å². The van der Waals surface area contributed by atoms with Crippen molar-refractivity contribution >= 4 is 40.0 Å². The summed E-state index contributed by atoms with van der Waals surface area (Å²) in [7, 11) is 1.43. The zero-order valence-corrected chi connectivity index (χ0v) is 18.7. The number of amides is 2. The van der Waals surface area contributed by atoms with Gasteiger partial charge in [0, 0.05) is 5.56 Å². The lowest BCUT2D eigenvalue weighted by molar-refractivity contribution is -0.117. The standard InChI is InChI=1S/C24H20BrN3O4/c1-32-21-14-17(12-19(25)22(21)29)15-26-28-24(31)20(13-16-8-4-2-5-9-16)27-23(30)18-10-6-3-7-11-18/h2-15,29H,1H3,(H,27,30)(H,28,31)/b20-13?,26-15+. The van der Waals surface area contributed by atoms with E-state index in [2.05, 4.69) is 31.8 Å². The van der Waals surface area contributed by atoms with E-state index in [1.54, 1.807) is 48.5 Å². The van der Waals surface area contributed by atoms with Crippen LogP contribution in [0.25, 0.3) is 6.08 Å². The maximum Gasteiger partial charge on any atom is 0.287 e. The molecule has 0 aromatic heterocycles. The molecule has 0 saturated heterocycles. The number of hydrogen-bond donors (Lipinski definition) is 3. The van der Waals surface area contributed by atoms with Gasteiger partial charge in [0.25, 0.3) is 11.8 Å². The fraction of sp³-hybridized carbons (Fsp3) is 0.0417. The van der Waals surface area contributed by atoms with E-state index in [-0.39, 0.29) is 17.2 Å². The Labute approximate surface area is 193 Å². The Balaban J connectivity index is 1.79. The number of halogens is 1. The van der Waals surface area contributed by atoms with Gasteiger partial charge < -0.3 is 15.2 Å². The number of methoxy groups -OCH3 is 1. The molecular formula is C24H20BrN3O4. The van der Waals surface area contributed by atoms with Gasteiger partial charge in [-0.3, -0.25) is 9.59 Å². The Kier molecular flexibility index (Phi) is 7.77. The lowest BCUT2D eigenvalue weighted by Gasteiger charge is -2.09. The van der Waals surface area contributed by atoms with Crippen molar-refractivity contribution in [2.45, 2.75) is 0 Å². The molecule has 7 nitrogen and oxygen atoms in total. The molecule has 0 aliphatic rings. The zero-order valence-electron chi connectivity index (χ0n) is 17.1. The average molecular weight is 494 g/mol. The fourth-order valence-corrected chi connectivity index (χ4v) is 3.17. The number of nitrogens with one attached hydrogen (secondary N) is 2. The number of phenolic OH excluding ortho intramolecular Hbond substituents is 1. The number of ether oxygens (including phenoxy) is 1. The third-order valence-corrected chi connectivity index (χ3v) is 4.89. The number of carbonyl (C=O) groups excluding carboxylic acids is 2. The molecular weight excluding hydrogens is 474 g/mol. The van der Waals surface area contributed by atoms with Gasteiger partial charge in [-0.15, -0.1) is 0 Å². The Hall–Kier alpha value is -3.91. The summed E-state index contributed by atoms with van der Waals surface area (Å²) in [6, 6.07) is 20.9. The second kappa shape index (κ2) is 10.9. The molecule has 32 heavy (non-hydrogen) atoms. The first-order valence-corrected chi connectivity index (χ1v) is 10.3. The van der Waals surface area contributed by atoms with Crippen molar-refractivity contribution in [2.24, 2.45) is 5.10 Å². The summed E-state index contributed by atoms with van der Waals surface area (Å²) in [6.07, 6.45) is 2.95. The van der Waals surface area contributed by atoms with Crippen LogP contribution in [0.3, 0.4) is 0 Å². The highest BCUT2D eigenvalue weighted by Crippen LogP contribution is 2.34.